The van der Waals surface area contributed by atoms with E-state index < -0.39 is 0 Å². The SMILES string of the molecule is CC(O)C(C)N1CCOCC1CO. The van der Waals surface area contributed by atoms with Gasteiger partial charge in [0.15, 0.2) is 0 Å². The summed E-state index contributed by atoms with van der Waals surface area (Å²) in [5.74, 6) is 0. The second kappa shape index (κ2) is 4.91. The molecule has 4 heteroatoms. The third kappa shape index (κ3) is 2.64. The summed E-state index contributed by atoms with van der Waals surface area (Å²) >= 11 is 0. The maximum atomic E-state index is 9.42. The smallest absolute Gasteiger partial charge is 0.0664 e. The largest absolute Gasteiger partial charge is 0.395 e. The summed E-state index contributed by atoms with van der Waals surface area (Å²) in [4.78, 5) is 2.11. The predicted octanol–water partition coefficient (Wildman–Crippen LogP) is -0.551. The number of morpholine rings is 1. The molecule has 0 saturated carbocycles. The van der Waals surface area contributed by atoms with Gasteiger partial charge in [0.2, 0.25) is 0 Å². The molecule has 2 N–H and O–H groups in total. The molecule has 4 nitrogen and oxygen atoms in total. The third-order valence-corrected chi connectivity index (χ3v) is 2.71. The van der Waals surface area contributed by atoms with E-state index in [0.29, 0.717) is 13.2 Å². The molecule has 78 valence electrons. The van der Waals surface area contributed by atoms with Crippen molar-refractivity contribution >= 4 is 0 Å². The number of aliphatic hydroxyl groups is 2. The van der Waals surface area contributed by atoms with Gasteiger partial charge in [-0.1, -0.05) is 0 Å². The normalized spacial score (nSPS) is 30.0. The second-order valence-electron chi connectivity index (χ2n) is 3.63. The van der Waals surface area contributed by atoms with Gasteiger partial charge in [0, 0.05) is 12.6 Å². The van der Waals surface area contributed by atoms with Crippen molar-refractivity contribution in [3.8, 4) is 0 Å². The molecule has 0 aromatic heterocycles. The number of hydrogen-bond donors (Lipinski definition) is 2. The van der Waals surface area contributed by atoms with Crippen LogP contribution in [0, 0.1) is 0 Å². The molecule has 1 heterocycles. The molecule has 1 fully saturated rings. The van der Waals surface area contributed by atoms with Crippen LogP contribution in [0.3, 0.4) is 0 Å². The molecule has 0 aliphatic carbocycles. The second-order valence-corrected chi connectivity index (χ2v) is 3.63. The van der Waals surface area contributed by atoms with Crippen LogP contribution in [-0.2, 0) is 4.74 Å². The van der Waals surface area contributed by atoms with Crippen LogP contribution in [0.1, 0.15) is 13.8 Å². The van der Waals surface area contributed by atoms with Gasteiger partial charge in [-0.15, -0.1) is 0 Å². The first-order valence-electron chi connectivity index (χ1n) is 4.79. The van der Waals surface area contributed by atoms with E-state index in [9.17, 15) is 5.11 Å². The molecule has 3 atom stereocenters. The lowest BCUT2D eigenvalue weighted by molar-refractivity contribution is -0.0655. The Kier molecular flexibility index (Phi) is 4.12. The highest BCUT2D eigenvalue weighted by atomic mass is 16.5. The molecule has 3 unspecified atom stereocenters. The minimum Gasteiger partial charge on any atom is -0.395 e. The Bertz CT molecular complexity index is 150. The lowest BCUT2D eigenvalue weighted by atomic mass is 10.1. The summed E-state index contributed by atoms with van der Waals surface area (Å²) in [5, 5.41) is 18.5. The number of aliphatic hydroxyl groups excluding tert-OH is 2. The van der Waals surface area contributed by atoms with E-state index in [1.807, 2.05) is 6.92 Å². The van der Waals surface area contributed by atoms with Crippen molar-refractivity contribution in [1.82, 2.24) is 4.90 Å². The molecular weight excluding hydrogens is 170 g/mol. The Labute approximate surface area is 79.1 Å². The average molecular weight is 189 g/mol. The Morgan fingerprint density at radius 2 is 2.23 bits per heavy atom. The first kappa shape index (κ1) is 10.9. The molecule has 1 saturated heterocycles. The Morgan fingerprint density at radius 3 is 2.77 bits per heavy atom. The van der Waals surface area contributed by atoms with Crippen LogP contribution in [0.5, 0.6) is 0 Å². The van der Waals surface area contributed by atoms with Crippen LogP contribution < -0.4 is 0 Å². The number of ether oxygens (including phenoxy) is 1. The Hall–Kier alpha value is -0.160. The van der Waals surface area contributed by atoms with Gasteiger partial charge in [-0.2, -0.15) is 0 Å². The summed E-state index contributed by atoms with van der Waals surface area (Å²) < 4.78 is 5.25. The van der Waals surface area contributed by atoms with Gasteiger partial charge in [-0.25, -0.2) is 0 Å². The van der Waals surface area contributed by atoms with Gasteiger partial charge >= 0.3 is 0 Å². The highest BCUT2D eigenvalue weighted by Crippen LogP contribution is 2.13. The molecular formula is C9H19NO3. The van der Waals surface area contributed by atoms with Gasteiger partial charge in [-0.05, 0) is 13.8 Å². The van der Waals surface area contributed by atoms with Crippen molar-refractivity contribution in [3.05, 3.63) is 0 Å². The molecule has 1 rings (SSSR count). The van der Waals surface area contributed by atoms with Crippen molar-refractivity contribution in [3.63, 3.8) is 0 Å². The molecule has 0 aromatic carbocycles. The quantitative estimate of drug-likeness (QED) is 0.625. The van der Waals surface area contributed by atoms with Crippen LogP contribution in [0.4, 0.5) is 0 Å². The van der Waals surface area contributed by atoms with E-state index in [2.05, 4.69) is 4.90 Å². The van der Waals surface area contributed by atoms with Crippen molar-refractivity contribution in [2.45, 2.75) is 32.0 Å². The molecule has 13 heavy (non-hydrogen) atoms. The van der Waals surface area contributed by atoms with E-state index in [-0.39, 0.29) is 24.8 Å². The first-order chi connectivity index (χ1) is 6.16. The maximum Gasteiger partial charge on any atom is 0.0664 e. The zero-order valence-corrected chi connectivity index (χ0v) is 8.31. The lowest BCUT2D eigenvalue weighted by Crippen LogP contribution is -2.54. The van der Waals surface area contributed by atoms with E-state index in [1.165, 1.54) is 0 Å². The van der Waals surface area contributed by atoms with Crippen LogP contribution in [-0.4, -0.2) is 59.7 Å². The van der Waals surface area contributed by atoms with Gasteiger partial charge < -0.3 is 14.9 Å². The standard InChI is InChI=1S/C9H19NO3/c1-7(8(2)12)10-3-4-13-6-9(10)5-11/h7-9,11-12H,3-6H2,1-2H3. The zero-order chi connectivity index (χ0) is 9.84. The average Bonchev–Trinajstić information content (AvgIpc) is 2.16. The topological polar surface area (TPSA) is 52.9 Å². The molecule has 0 bridgehead atoms. The molecule has 0 amide bonds. The van der Waals surface area contributed by atoms with Gasteiger partial charge in [0.1, 0.15) is 0 Å². The molecule has 1 aliphatic rings. The van der Waals surface area contributed by atoms with E-state index in [4.69, 9.17) is 9.84 Å². The van der Waals surface area contributed by atoms with Crippen molar-refractivity contribution < 1.29 is 14.9 Å². The summed E-state index contributed by atoms with van der Waals surface area (Å²) in [5.41, 5.74) is 0. The summed E-state index contributed by atoms with van der Waals surface area (Å²) in [7, 11) is 0. The third-order valence-electron chi connectivity index (χ3n) is 2.71. The number of hydrogen-bond acceptors (Lipinski definition) is 4. The van der Waals surface area contributed by atoms with Gasteiger partial charge in [0.25, 0.3) is 0 Å². The van der Waals surface area contributed by atoms with Crippen molar-refractivity contribution in [2.24, 2.45) is 0 Å². The molecule has 0 aromatic rings. The Morgan fingerprint density at radius 1 is 1.54 bits per heavy atom. The molecule has 0 radical (unpaired) electrons. The summed E-state index contributed by atoms with van der Waals surface area (Å²) in [6.07, 6.45) is -0.368. The summed E-state index contributed by atoms with van der Waals surface area (Å²) in [6, 6.07) is 0.124. The highest BCUT2D eigenvalue weighted by Gasteiger charge is 2.28. The fourth-order valence-electron chi connectivity index (χ4n) is 1.64. The van der Waals surface area contributed by atoms with Crippen LogP contribution >= 0.6 is 0 Å². The van der Waals surface area contributed by atoms with E-state index >= 15 is 0 Å². The minimum atomic E-state index is -0.368. The maximum absolute atomic E-state index is 9.42. The number of rotatable bonds is 3. The minimum absolute atomic E-state index is 0.0401. The lowest BCUT2D eigenvalue weighted by Gasteiger charge is -2.39. The molecule has 1 aliphatic heterocycles. The Balaban J connectivity index is 2.53. The van der Waals surface area contributed by atoms with Crippen LogP contribution in [0.25, 0.3) is 0 Å². The van der Waals surface area contributed by atoms with Gasteiger partial charge in [0.05, 0.1) is 32.0 Å². The van der Waals surface area contributed by atoms with Gasteiger partial charge in [-0.3, -0.25) is 4.90 Å². The molecule has 0 spiro atoms. The number of nitrogens with zero attached hydrogens (tertiary/aromatic N) is 1. The van der Waals surface area contributed by atoms with Crippen LogP contribution in [0.2, 0.25) is 0 Å². The first-order valence-corrected chi connectivity index (χ1v) is 4.79. The van der Waals surface area contributed by atoms with Crippen LogP contribution in [0.15, 0.2) is 0 Å². The fraction of sp³-hybridized carbons (Fsp3) is 1.00. The van der Waals surface area contributed by atoms with Crippen molar-refractivity contribution in [2.75, 3.05) is 26.4 Å². The van der Waals surface area contributed by atoms with E-state index in [1.54, 1.807) is 6.92 Å². The summed E-state index contributed by atoms with van der Waals surface area (Å²) in [6.45, 7) is 5.88. The van der Waals surface area contributed by atoms with E-state index in [0.717, 1.165) is 6.54 Å². The zero-order valence-electron chi connectivity index (χ0n) is 8.31. The fourth-order valence-corrected chi connectivity index (χ4v) is 1.64. The highest BCUT2D eigenvalue weighted by molar-refractivity contribution is 4.81. The predicted molar refractivity (Wildman–Crippen MR) is 49.5 cm³/mol. The van der Waals surface area contributed by atoms with Crippen molar-refractivity contribution in [1.29, 1.82) is 0 Å². The monoisotopic (exact) mass is 189 g/mol.